The van der Waals surface area contributed by atoms with Crippen LogP contribution < -0.4 is 10.6 Å². The van der Waals surface area contributed by atoms with Gasteiger partial charge < -0.3 is 10.6 Å². The molecule has 0 atom stereocenters. The first-order chi connectivity index (χ1) is 10.4. The van der Waals surface area contributed by atoms with Gasteiger partial charge in [-0.15, -0.1) is 0 Å². The van der Waals surface area contributed by atoms with E-state index in [1.165, 1.54) is 17.0 Å². The van der Waals surface area contributed by atoms with E-state index in [-0.39, 0.29) is 28.1 Å². The first-order valence-electron chi connectivity index (χ1n) is 6.36. The summed E-state index contributed by atoms with van der Waals surface area (Å²) in [4.78, 5) is 14.3. The number of nitrogens with zero attached hydrogens (tertiary/aromatic N) is 1. The van der Waals surface area contributed by atoms with Crippen LogP contribution >= 0.6 is 46.4 Å². The number of nitrogens with two attached hydrogens (primary N) is 1. The molecule has 3 nitrogen and oxygen atoms in total. The molecule has 2 N–H and O–H groups in total. The number of rotatable bonds is 4. The number of hydrogen-bond acceptors (Lipinski definition) is 2. The molecule has 0 aliphatic rings. The van der Waals surface area contributed by atoms with Gasteiger partial charge in [0.1, 0.15) is 0 Å². The summed E-state index contributed by atoms with van der Waals surface area (Å²) in [5.74, 6) is -0.348. The molecule has 2 aromatic carbocycles. The zero-order chi connectivity index (χ0) is 16.3. The van der Waals surface area contributed by atoms with Crippen LogP contribution in [0.2, 0.25) is 20.1 Å². The zero-order valence-corrected chi connectivity index (χ0v) is 14.3. The van der Waals surface area contributed by atoms with Gasteiger partial charge in [-0.2, -0.15) is 0 Å². The smallest absolute Gasteiger partial charge is 0.261 e. The summed E-state index contributed by atoms with van der Waals surface area (Å²) in [6, 6.07) is 9.80. The van der Waals surface area contributed by atoms with Crippen molar-refractivity contribution in [3.05, 3.63) is 62.1 Å². The molecular weight excluding hydrogens is 366 g/mol. The SMILES string of the molecule is NCCN(C(=O)c1c(Cl)cc(Cl)cc1Cl)c1ccc(Cl)cc1. The Bertz CT molecular complexity index is 665. The van der Waals surface area contributed by atoms with E-state index in [1.807, 2.05) is 0 Å². The molecule has 1 amide bonds. The lowest BCUT2D eigenvalue weighted by molar-refractivity contribution is 0.0988. The monoisotopic (exact) mass is 376 g/mol. The average Bonchev–Trinajstić information content (AvgIpc) is 2.44. The predicted octanol–water partition coefficient (Wildman–Crippen LogP) is 4.91. The van der Waals surface area contributed by atoms with Crippen molar-refractivity contribution in [1.82, 2.24) is 0 Å². The van der Waals surface area contributed by atoms with Crippen LogP contribution in [0.4, 0.5) is 5.69 Å². The Morgan fingerprint density at radius 1 is 0.955 bits per heavy atom. The molecule has 0 radical (unpaired) electrons. The van der Waals surface area contributed by atoms with E-state index in [4.69, 9.17) is 52.1 Å². The molecule has 0 saturated heterocycles. The Morgan fingerprint density at radius 2 is 1.50 bits per heavy atom. The van der Waals surface area contributed by atoms with Crippen molar-refractivity contribution in [1.29, 1.82) is 0 Å². The maximum atomic E-state index is 12.8. The molecule has 2 aromatic rings. The van der Waals surface area contributed by atoms with Crippen molar-refractivity contribution in [3.8, 4) is 0 Å². The molecular formula is C15H12Cl4N2O. The molecule has 0 spiro atoms. The second-order valence-electron chi connectivity index (χ2n) is 4.47. The number of carbonyl (C=O) groups excluding carboxylic acids is 1. The molecule has 116 valence electrons. The maximum absolute atomic E-state index is 12.8. The second-order valence-corrected chi connectivity index (χ2v) is 6.15. The summed E-state index contributed by atoms with van der Waals surface area (Å²) in [5, 5.41) is 1.33. The summed E-state index contributed by atoms with van der Waals surface area (Å²) in [7, 11) is 0. The van der Waals surface area contributed by atoms with Crippen LogP contribution in [0.3, 0.4) is 0 Å². The highest BCUT2D eigenvalue weighted by atomic mass is 35.5. The summed E-state index contributed by atoms with van der Waals surface area (Å²) in [6.07, 6.45) is 0. The van der Waals surface area contributed by atoms with Crippen LogP contribution in [0.1, 0.15) is 10.4 Å². The average molecular weight is 378 g/mol. The van der Waals surface area contributed by atoms with Gasteiger partial charge in [-0.25, -0.2) is 0 Å². The number of halogens is 4. The molecule has 22 heavy (non-hydrogen) atoms. The minimum atomic E-state index is -0.348. The fraction of sp³-hybridized carbons (Fsp3) is 0.133. The fourth-order valence-corrected chi connectivity index (χ4v) is 3.08. The Morgan fingerprint density at radius 3 is 2.00 bits per heavy atom. The normalized spacial score (nSPS) is 10.6. The lowest BCUT2D eigenvalue weighted by Gasteiger charge is -2.23. The van der Waals surface area contributed by atoms with Gasteiger partial charge in [0.2, 0.25) is 0 Å². The minimum Gasteiger partial charge on any atom is -0.329 e. The number of hydrogen-bond donors (Lipinski definition) is 1. The minimum absolute atomic E-state index is 0.191. The topological polar surface area (TPSA) is 46.3 Å². The largest absolute Gasteiger partial charge is 0.329 e. The Hall–Kier alpha value is -0.970. The van der Waals surface area contributed by atoms with Gasteiger partial charge in [0, 0.05) is 28.8 Å². The van der Waals surface area contributed by atoms with Crippen molar-refractivity contribution >= 4 is 58.0 Å². The van der Waals surface area contributed by atoms with Gasteiger partial charge >= 0.3 is 0 Å². The lowest BCUT2D eigenvalue weighted by Crippen LogP contribution is -2.35. The molecule has 7 heteroatoms. The van der Waals surface area contributed by atoms with E-state index in [0.29, 0.717) is 22.3 Å². The van der Waals surface area contributed by atoms with Crippen molar-refractivity contribution in [2.45, 2.75) is 0 Å². The quantitative estimate of drug-likeness (QED) is 0.822. The highest BCUT2D eigenvalue weighted by Gasteiger charge is 2.23. The molecule has 0 fully saturated rings. The van der Waals surface area contributed by atoms with E-state index in [9.17, 15) is 4.79 Å². The lowest BCUT2D eigenvalue weighted by atomic mass is 10.1. The van der Waals surface area contributed by atoms with Crippen molar-refractivity contribution in [3.63, 3.8) is 0 Å². The van der Waals surface area contributed by atoms with E-state index in [1.54, 1.807) is 24.3 Å². The summed E-state index contributed by atoms with van der Waals surface area (Å²) < 4.78 is 0. The summed E-state index contributed by atoms with van der Waals surface area (Å²) >= 11 is 24.0. The molecule has 0 heterocycles. The van der Waals surface area contributed by atoms with Crippen molar-refractivity contribution in [2.24, 2.45) is 5.73 Å². The van der Waals surface area contributed by atoms with E-state index in [2.05, 4.69) is 0 Å². The highest BCUT2D eigenvalue weighted by Crippen LogP contribution is 2.31. The number of amides is 1. The molecule has 0 aliphatic carbocycles. The molecule has 0 saturated carbocycles. The highest BCUT2D eigenvalue weighted by molar-refractivity contribution is 6.42. The van der Waals surface area contributed by atoms with Crippen molar-refractivity contribution in [2.75, 3.05) is 18.0 Å². The molecule has 0 bridgehead atoms. The van der Waals surface area contributed by atoms with Crippen LogP contribution in [0.5, 0.6) is 0 Å². The van der Waals surface area contributed by atoms with Gasteiger partial charge in [-0.3, -0.25) is 4.79 Å². The van der Waals surface area contributed by atoms with Crippen LogP contribution in [0.15, 0.2) is 36.4 Å². The number of anilines is 1. The maximum Gasteiger partial charge on any atom is 0.261 e. The van der Waals surface area contributed by atoms with Gasteiger partial charge in [0.05, 0.1) is 15.6 Å². The molecule has 0 aliphatic heterocycles. The second kappa shape index (κ2) is 7.53. The van der Waals surface area contributed by atoms with Gasteiger partial charge in [0.25, 0.3) is 5.91 Å². The Balaban J connectivity index is 2.45. The van der Waals surface area contributed by atoms with E-state index in [0.717, 1.165) is 0 Å². The van der Waals surface area contributed by atoms with Crippen molar-refractivity contribution < 1.29 is 4.79 Å². The van der Waals surface area contributed by atoms with Crippen LogP contribution in [0.25, 0.3) is 0 Å². The third-order valence-corrected chi connectivity index (χ3v) is 4.02. The Labute approximate surface area is 148 Å². The van der Waals surface area contributed by atoms with Gasteiger partial charge in [-0.1, -0.05) is 46.4 Å². The van der Waals surface area contributed by atoms with Crippen LogP contribution in [0, 0.1) is 0 Å². The molecule has 0 unspecified atom stereocenters. The van der Waals surface area contributed by atoms with E-state index >= 15 is 0 Å². The van der Waals surface area contributed by atoms with Gasteiger partial charge in [-0.05, 0) is 36.4 Å². The standard InChI is InChI=1S/C15H12Cl4N2O/c16-9-1-3-11(4-2-9)21(6-5-20)15(22)14-12(18)7-10(17)8-13(14)19/h1-4,7-8H,5-6,20H2. The zero-order valence-electron chi connectivity index (χ0n) is 11.3. The molecule has 2 rings (SSSR count). The van der Waals surface area contributed by atoms with Gasteiger partial charge in [0.15, 0.2) is 0 Å². The molecule has 0 aromatic heterocycles. The fourth-order valence-electron chi connectivity index (χ4n) is 1.98. The van der Waals surface area contributed by atoms with Crippen LogP contribution in [-0.2, 0) is 0 Å². The predicted molar refractivity (Wildman–Crippen MR) is 93.7 cm³/mol. The third-order valence-electron chi connectivity index (χ3n) is 2.96. The first kappa shape index (κ1) is 17.4. The number of carbonyl (C=O) groups is 1. The first-order valence-corrected chi connectivity index (χ1v) is 7.87. The summed E-state index contributed by atoms with van der Waals surface area (Å²) in [5.41, 5.74) is 6.45. The van der Waals surface area contributed by atoms with E-state index < -0.39 is 0 Å². The third kappa shape index (κ3) is 3.86. The Kier molecular flexibility index (Phi) is 5.95. The summed E-state index contributed by atoms with van der Waals surface area (Å²) in [6.45, 7) is 0.604. The number of benzene rings is 2. The van der Waals surface area contributed by atoms with Crippen LogP contribution in [-0.4, -0.2) is 19.0 Å².